The molecule has 1 amide bonds. The van der Waals surface area contributed by atoms with E-state index in [-0.39, 0.29) is 5.56 Å². The maximum absolute atomic E-state index is 13.5. The molecule has 0 fully saturated rings. The van der Waals surface area contributed by atoms with Crippen LogP contribution in [0, 0.1) is 5.82 Å². The van der Waals surface area contributed by atoms with Crippen molar-refractivity contribution >= 4 is 27.8 Å². The maximum Gasteiger partial charge on any atom is 0.326 e. The lowest BCUT2D eigenvalue weighted by molar-refractivity contribution is -0.139. The van der Waals surface area contributed by atoms with E-state index in [1.807, 2.05) is 6.92 Å². The number of benzene rings is 1. The van der Waals surface area contributed by atoms with Gasteiger partial charge in [0.25, 0.3) is 5.91 Å². The van der Waals surface area contributed by atoms with Gasteiger partial charge in [-0.3, -0.25) is 4.79 Å². The zero-order chi connectivity index (χ0) is 14.4. The number of halogens is 2. The molecule has 1 atom stereocenters. The molecule has 4 nitrogen and oxygen atoms in total. The van der Waals surface area contributed by atoms with Crippen LogP contribution < -0.4 is 5.32 Å². The molecule has 104 valence electrons. The van der Waals surface area contributed by atoms with Gasteiger partial charge in [-0.2, -0.15) is 0 Å². The van der Waals surface area contributed by atoms with Crippen molar-refractivity contribution < 1.29 is 19.1 Å². The molecule has 0 heterocycles. The lowest BCUT2D eigenvalue weighted by Gasteiger charge is -2.14. The summed E-state index contributed by atoms with van der Waals surface area (Å²) in [6, 6.07) is 2.95. The van der Waals surface area contributed by atoms with E-state index in [0.717, 1.165) is 12.5 Å². The van der Waals surface area contributed by atoms with E-state index < -0.39 is 23.7 Å². The summed E-state index contributed by atoms with van der Waals surface area (Å²) in [5.41, 5.74) is -0.169. The van der Waals surface area contributed by atoms with Crippen LogP contribution in [0.1, 0.15) is 36.5 Å². The second-order valence-corrected chi connectivity index (χ2v) is 5.05. The molecule has 0 saturated heterocycles. The third-order valence-corrected chi connectivity index (χ3v) is 3.12. The number of aliphatic carboxylic acids is 1. The number of amides is 1. The number of unbranched alkanes of at least 4 members (excludes halogenated alkanes) is 1. The zero-order valence-electron chi connectivity index (χ0n) is 10.5. The first-order valence-corrected chi connectivity index (χ1v) is 6.73. The number of hydrogen-bond donors (Lipinski definition) is 2. The van der Waals surface area contributed by atoms with Crippen molar-refractivity contribution in [3.05, 3.63) is 34.1 Å². The Bertz CT molecular complexity index is 479. The first-order chi connectivity index (χ1) is 8.95. The van der Waals surface area contributed by atoms with Crippen molar-refractivity contribution in [3.63, 3.8) is 0 Å². The van der Waals surface area contributed by atoms with E-state index in [1.54, 1.807) is 0 Å². The molecule has 1 aromatic rings. The number of rotatable bonds is 6. The molecule has 0 saturated carbocycles. The van der Waals surface area contributed by atoms with Crippen LogP contribution >= 0.6 is 15.9 Å². The van der Waals surface area contributed by atoms with Crippen LogP contribution in [0.2, 0.25) is 0 Å². The number of hydrogen-bond acceptors (Lipinski definition) is 2. The van der Waals surface area contributed by atoms with Gasteiger partial charge in [-0.25, -0.2) is 9.18 Å². The highest BCUT2D eigenvalue weighted by Crippen LogP contribution is 2.16. The summed E-state index contributed by atoms with van der Waals surface area (Å²) >= 11 is 3.14. The van der Waals surface area contributed by atoms with Crippen molar-refractivity contribution in [1.29, 1.82) is 0 Å². The molecular formula is C13H15BrFNO3. The van der Waals surface area contributed by atoms with E-state index in [1.165, 1.54) is 12.1 Å². The quantitative estimate of drug-likeness (QED) is 0.842. The van der Waals surface area contributed by atoms with E-state index in [0.29, 0.717) is 17.3 Å². The van der Waals surface area contributed by atoms with Crippen LogP contribution in [-0.4, -0.2) is 23.0 Å². The molecule has 1 aromatic carbocycles. The molecule has 2 N–H and O–H groups in total. The number of carbonyl (C=O) groups is 2. The van der Waals surface area contributed by atoms with Gasteiger partial charge in [-0.15, -0.1) is 0 Å². The minimum absolute atomic E-state index is 0.169. The van der Waals surface area contributed by atoms with Crippen molar-refractivity contribution in [3.8, 4) is 0 Å². The second kappa shape index (κ2) is 7.23. The van der Waals surface area contributed by atoms with Crippen molar-refractivity contribution in [2.45, 2.75) is 32.2 Å². The van der Waals surface area contributed by atoms with Crippen LogP contribution in [0.25, 0.3) is 0 Å². The SMILES string of the molecule is CCCC[C@H](NC(=O)c1cc(Br)ccc1F)C(=O)O. The minimum Gasteiger partial charge on any atom is -0.480 e. The molecule has 0 aliphatic heterocycles. The largest absolute Gasteiger partial charge is 0.480 e. The van der Waals surface area contributed by atoms with Crippen LogP contribution in [0.15, 0.2) is 22.7 Å². The predicted octanol–water partition coefficient (Wildman–Crippen LogP) is 2.96. The van der Waals surface area contributed by atoms with Gasteiger partial charge in [0.1, 0.15) is 11.9 Å². The Kier molecular flexibility index (Phi) is 5.95. The fraction of sp³-hybridized carbons (Fsp3) is 0.385. The van der Waals surface area contributed by atoms with Crippen LogP contribution in [0.4, 0.5) is 4.39 Å². The number of nitrogens with one attached hydrogen (secondary N) is 1. The zero-order valence-corrected chi connectivity index (χ0v) is 12.0. The first kappa shape index (κ1) is 15.6. The van der Waals surface area contributed by atoms with Gasteiger partial charge >= 0.3 is 5.97 Å². The van der Waals surface area contributed by atoms with Gasteiger partial charge in [0.05, 0.1) is 5.56 Å². The smallest absolute Gasteiger partial charge is 0.326 e. The molecule has 0 aromatic heterocycles. The summed E-state index contributed by atoms with van der Waals surface area (Å²) in [5, 5.41) is 11.3. The Morgan fingerprint density at radius 3 is 2.74 bits per heavy atom. The third kappa shape index (κ3) is 4.63. The number of carboxylic acids is 1. The van der Waals surface area contributed by atoms with Crippen molar-refractivity contribution in [1.82, 2.24) is 5.32 Å². The molecule has 0 aliphatic rings. The Morgan fingerprint density at radius 1 is 1.47 bits per heavy atom. The molecule has 6 heteroatoms. The third-order valence-electron chi connectivity index (χ3n) is 2.62. The van der Waals surface area contributed by atoms with Gasteiger partial charge in [0.15, 0.2) is 0 Å². The summed E-state index contributed by atoms with van der Waals surface area (Å²) in [5.74, 6) is -2.51. The summed E-state index contributed by atoms with van der Waals surface area (Å²) < 4.78 is 14.0. The monoisotopic (exact) mass is 331 g/mol. The van der Waals surface area contributed by atoms with Gasteiger partial charge in [-0.1, -0.05) is 35.7 Å². The average molecular weight is 332 g/mol. The van der Waals surface area contributed by atoms with Gasteiger partial charge in [0, 0.05) is 4.47 Å². The summed E-state index contributed by atoms with van der Waals surface area (Å²) in [6.45, 7) is 1.93. The molecular weight excluding hydrogens is 317 g/mol. The molecule has 1 rings (SSSR count). The van der Waals surface area contributed by atoms with Crippen LogP contribution in [0.3, 0.4) is 0 Å². The highest BCUT2D eigenvalue weighted by Gasteiger charge is 2.21. The lowest BCUT2D eigenvalue weighted by Crippen LogP contribution is -2.41. The number of carboxylic acid groups (broad SMARTS) is 1. The van der Waals surface area contributed by atoms with Crippen molar-refractivity contribution in [2.24, 2.45) is 0 Å². The van der Waals surface area contributed by atoms with Gasteiger partial charge < -0.3 is 10.4 Å². The predicted molar refractivity (Wildman–Crippen MR) is 72.5 cm³/mol. The van der Waals surface area contributed by atoms with Crippen LogP contribution in [0.5, 0.6) is 0 Å². The Labute approximate surface area is 119 Å². The average Bonchev–Trinajstić information content (AvgIpc) is 2.36. The molecule has 0 aliphatic carbocycles. The highest BCUT2D eigenvalue weighted by atomic mass is 79.9. The Hall–Kier alpha value is -1.43. The lowest BCUT2D eigenvalue weighted by atomic mass is 10.1. The van der Waals surface area contributed by atoms with E-state index >= 15 is 0 Å². The standard InChI is InChI=1S/C13H15BrFNO3/c1-2-3-4-11(13(18)19)16-12(17)9-7-8(14)5-6-10(9)15/h5-7,11H,2-4H2,1H3,(H,16,17)(H,18,19)/t11-/m0/s1. The molecule has 0 unspecified atom stereocenters. The topological polar surface area (TPSA) is 66.4 Å². The van der Waals surface area contributed by atoms with Gasteiger partial charge in [-0.05, 0) is 24.6 Å². The molecule has 0 bridgehead atoms. The Morgan fingerprint density at radius 2 is 2.16 bits per heavy atom. The van der Waals surface area contributed by atoms with Crippen LogP contribution in [-0.2, 0) is 4.79 Å². The van der Waals surface area contributed by atoms with Crippen molar-refractivity contribution in [2.75, 3.05) is 0 Å². The van der Waals surface area contributed by atoms with E-state index in [2.05, 4.69) is 21.2 Å². The summed E-state index contributed by atoms with van der Waals surface area (Å²) in [4.78, 5) is 22.9. The maximum atomic E-state index is 13.5. The fourth-order valence-electron chi connectivity index (χ4n) is 1.57. The first-order valence-electron chi connectivity index (χ1n) is 5.94. The van der Waals surface area contributed by atoms with Gasteiger partial charge in [0.2, 0.25) is 0 Å². The summed E-state index contributed by atoms with van der Waals surface area (Å²) in [6.07, 6.45) is 1.83. The molecule has 0 spiro atoms. The van der Waals surface area contributed by atoms with E-state index in [4.69, 9.17) is 5.11 Å². The second-order valence-electron chi connectivity index (χ2n) is 4.13. The molecule has 0 radical (unpaired) electrons. The fourth-order valence-corrected chi connectivity index (χ4v) is 1.93. The van der Waals surface area contributed by atoms with E-state index in [9.17, 15) is 14.0 Å². The molecule has 19 heavy (non-hydrogen) atoms. The minimum atomic E-state index is -1.11. The highest BCUT2D eigenvalue weighted by molar-refractivity contribution is 9.10. The Balaban J connectivity index is 2.81. The normalized spacial score (nSPS) is 11.9. The summed E-state index contributed by atoms with van der Waals surface area (Å²) in [7, 11) is 0. The number of carbonyl (C=O) groups excluding carboxylic acids is 1.